The van der Waals surface area contributed by atoms with Crippen LogP contribution in [0.1, 0.15) is 101 Å². The molecule has 0 saturated heterocycles. The van der Waals surface area contributed by atoms with Crippen LogP contribution < -0.4 is 9.30 Å². The number of pyridine rings is 1. The van der Waals surface area contributed by atoms with E-state index in [2.05, 4.69) is 156 Å². The molecule has 3 aromatic heterocycles. The van der Waals surface area contributed by atoms with E-state index in [1.807, 2.05) is 85.1 Å². The molecule has 10 aromatic carbocycles. The predicted octanol–water partition coefficient (Wildman–Crippen LogP) is 18.2. The van der Waals surface area contributed by atoms with E-state index in [1.54, 1.807) is 15.2 Å². The first kappa shape index (κ1) is 42.0. The van der Waals surface area contributed by atoms with Gasteiger partial charge in [0.05, 0.1) is 30.4 Å². The first-order chi connectivity index (χ1) is 44.4. The van der Waals surface area contributed by atoms with E-state index in [-0.39, 0.29) is 59.8 Å². The SMILES string of the molecule is [2H]c1c([2H])c([2H])c(-c2cc(-c3ccc4c(c3)C3(C)c5ccccc5C5(C)c6ccccc6C4(C)C53C)cc(-c3c([2H])c([2H])c([2H])c([2H])c3[2H])c2-[n+]2[c-]n(-c3[c-]c(Oc4[c-]c5c(cc4)c4ccccc4n5-c4cc(C(C)(C)C)ccn4)ccc3)c3ccccc32)c([2H])c1[2H].[Pt]. The normalized spacial score (nSPS) is 21.6. The summed E-state index contributed by atoms with van der Waals surface area (Å²) in [7, 11) is 0. The molecule has 84 heavy (non-hydrogen) atoms. The van der Waals surface area contributed by atoms with Gasteiger partial charge < -0.3 is 13.9 Å². The molecule has 0 N–H and O–H groups in total. The van der Waals surface area contributed by atoms with Crippen LogP contribution in [0.3, 0.4) is 0 Å². The minimum Gasteiger partial charge on any atom is -0.510 e. The number of hydrogen-bond donors (Lipinski definition) is 0. The van der Waals surface area contributed by atoms with Crippen LogP contribution in [0.15, 0.2) is 236 Å². The number of ether oxygens (including phenoxy) is 1. The van der Waals surface area contributed by atoms with Gasteiger partial charge in [-0.05, 0) is 125 Å². The van der Waals surface area contributed by atoms with Gasteiger partial charge >= 0.3 is 0 Å². The van der Waals surface area contributed by atoms with Crippen molar-refractivity contribution in [3.63, 3.8) is 0 Å². The molecule has 0 aliphatic heterocycles. The molecule has 0 radical (unpaired) electrons. The van der Waals surface area contributed by atoms with Gasteiger partial charge in [-0.2, -0.15) is 18.2 Å². The molecule has 16 rings (SSSR count). The maximum Gasteiger partial charge on any atom is 0.268 e. The van der Waals surface area contributed by atoms with Gasteiger partial charge in [-0.25, -0.2) is 4.98 Å². The van der Waals surface area contributed by atoms with E-state index < -0.39 is 76.7 Å². The average Bonchev–Trinajstić information content (AvgIpc) is 1.44. The number of nitrogens with zero attached hydrogens (tertiary/aromatic N) is 4. The Labute approximate surface area is 519 Å². The number of para-hydroxylation sites is 3. The van der Waals surface area contributed by atoms with Crippen LogP contribution in [0, 0.1) is 23.9 Å². The van der Waals surface area contributed by atoms with E-state index in [0.717, 1.165) is 38.8 Å². The summed E-state index contributed by atoms with van der Waals surface area (Å²) in [4.78, 5) is 4.86. The Morgan fingerprint density at radius 1 is 0.512 bits per heavy atom. The zero-order chi connectivity index (χ0) is 64.9. The molecule has 410 valence electrons. The summed E-state index contributed by atoms with van der Waals surface area (Å²) >= 11 is 0. The van der Waals surface area contributed by atoms with Crippen molar-refractivity contribution in [2.24, 2.45) is 5.41 Å². The van der Waals surface area contributed by atoms with Crippen LogP contribution >= 0.6 is 0 Å². The fourth-order valence-corrected chi connectivity index (χ4v) is 15.4. The molecule has 5 nitrogen and oxygen atoms in total. The summed E-state index contributed by atoms with van der Waals surface area (Å²) in [5.41, 5.74) is 11.3. The Hall–Kier alpha value is -8.89. The Kier molecular flexibility index (Phi) is 9.28. The molecular weight excluding hydrogens is 1200 g/mol. The molecule has 0 saturated carbocycles. The van der Waals surface area contributed by atoms with Gasteiger partial charge in [-0.15, -0.1) is 29.7 Å². The molecule has 0 amide bonds. The molecule has 13 aromatic rings. The van der Waals surface area contributed by atoms with Crippen molar-refractivity contribution in [2.45, 2.75) is 70.1 Å². The van der Waals surface area contributed by atoms with E-state index in [1.165, 1.54) is 27.8 Å². The molecule has 3 aliphatic rings. The van der Waals surface area contributed by atoms with Crippen molar-refractivity contribution >= 4 is 32.8 Å². The molecule has 6 heteroatoms. The van der Waals surface area contributed by atoms with E-state index in [9.17, 15) is 5.48 Å². The number of fused-ring (bicyclic) bond motifs is 13. The topological polar surface area (TPSA) is 35.9 Å². The van der Waals surface area contributed by atoms with Gasteiger partial charge in [0, 0.05) is 65.9 Å². The first-order valence-electron chi connectivity index (χ1n) is 33.2. The van der Waals surface area contributed by atoms with Crippen molar-refractivity contribution in [3.8, 4) is 62.1 Å². The fraction of sp³-hybridized carbons (Fsp3) is 0.154. The third kappa shape index (κ3) is 6.94. The molecule has 3 heterocycles. The van der Waals surface area contributed by atoms with Crippen LogP contribution in [0.4, 0.5) is 0 Å². The predicted molar refractivity (Wildman–Crippen MR) is 335 cm³/mol. The summed E-state index contributed by atoms with van der Waals surface area (Å²) in [5, 5.41) is 2.01. The number of benzene rings is 10. The number of imidazole rings is 1. The Balaban J connectivity index is 0.00000729. The third-order valence-corrected chi connectivity index (χ3v) is 19.5. The van der Waals surface area contributed by atoms with Crippen molar-refractivity contribution in [3.05, 3.63) is 294 Å². The minimum atomic E-state index is -0.585. The summed E-state index contributed by atoms with van der Waals surface area (Å²) in [5.74, 6) is 1.53. The third-order valence-electron chi connectivity index (χ3n) is 19.5. The zero-order valence-electron chi connectivity index (χ0n) is 57.3. The number of hydrogen-bond acceptors (Lipinski definition) is 2. The molecule has 0 spiro atoms. The molecule has 3 aliphatic carbocycles. The molecular formula is C78H60N4OPt-2. The van der Waals surface area contributed by atoms with Crippen molar-refractivity contribution < 1.29 is 44.1 Å². The molecule has 4 unspecified atom stereocenters. The van der Waals surface area contributed by atoms with E-state index in [4.69, 9.17) is 17.9 Å². The van der Waals surface area contributed by atoms with Gasteiger partial charge in [0.25, 0.3) is 6.33 Å². The minimum absolute atomic E-state index is 0. The van der Waals surface area contributed by atoms with Gasteiger partial charge in [0.15, 0.2) is 0 Å². The summed E-state index contributed by atoms with van der Waals surface area (Å²) in [6, 6.07) is 58.5. The summed E-state index contributed by atoms with van der Waals surface area (Å²) in [6.07, 6.45) is 5.40. The van der Waals surface area contributed by atoms with Gasteiger partial charge in [-0.1, -0.05) is 218 Å². The van der Waals surface area contributed by atoms with Gasteiger partial charge in [-0.3, -0.25) is 4.57 Å². The zero-order valence-corrected chi connectivity index (χ0v) is 49.5. The number of rotatable bonds is 8. The molecule has 0 bridgehead atoms. The Morgan fingerprint density at radius 3 is 1.73 bits per heavy atom. The summed E-state index contributed by atoms with van der Waals surface area (Å²) in [6.45, 7) is 16.1. The largest absolute Gasteiger partial charge is 0.510 e. The van der Waals surface area contributed by atoms with Crippen molar-refractivity contribution in [1.29, 1.82) is 0 Å². The van der Waals surface area contributed by atoms with Gasteiger partial charge in [0.2, 0.25) is 0 Å². The van der Waals surface area contributed by atoms with Gasteiger partial charge in [0.1, 0.15) is 5.82 Å². The first-order valence-corrected chi connectivity index (χ1v) is 28.2. The average molecular weight is 1270 g/mol. The molecule has 4 atom stereocenters. The fourth-order valence-electron chi connectivity index (χ4n) is 15.4. The smallest absolute Gasteiger partial charge is 0.268 e. The Bertz CT molecular complexity index is 5330. The van der Waals surface area contributed by atoms with E-state index in [0.29, 0.717) is 39.3 Å². The van der Waals surface area contributed by atoms with Crippen LogP contribution in [0.25, 0.3) is 83.4 Å². The van der Waals surface area contributed by atoms with Crippen LogP contribution in [0.5, 0.6) is 11.5 Å². The van der Waals surface area contributed by atoms with Crippen LogP contribution in [-0.2, 0) is 42.7 Å². The second-order valence-electron chi connectivity index (χ2n) is 24.1. The van der Waals surface area contributed by atoms with E-state index >= 15 is 0 Å². The second kappa shape index (κ2) is 18.6. The van der Waals surface area contributed by atoms with Crippen molar-refractivity contribution in [2.75, 3.05) is 0 Å². The summed E-state index contributed by atoms with van der Waals surface area (Å²) < 4.78 is 105. The quantitative estimate of drug-likeness (QED) is 0.112. The monoisotopic (exact) mass is 1270 g/mol. The standard InChI is InChI=1S/C78H60N4O.Pt/c1-74(2,3)54-41-42-79-72(46-54)82-68-34-19-14-29-58(68)59-39-38-57(48-71(59)82)83-56-28-22-27-55(47-56)80-49-81(70-36-21-20-35-69(70)80)73-60(50-23-10-8-11-24-50)43-53(44-61(73)51-25-12-9-13-26-51)52-37-40-66-67(45-52)77(6)65-33-18-17-32-64(65)75(4)62-30-15-16-31-63(62)76(66,5)78(75,77)7;/h8-46H,1-7H3;/q-2;/i8D,9D,10D,11D,12D,13D,23D,24D,25D,26D;. The second-order valence-corrected chi connectivity index (χ2v) is 24.1. The molecule has 0 fully saturated rings. The maximum atomic E-state index is 9.70. The van der Waals surface area contributed by atoms with Crippen LogP contribution in [-0.4, -0.2) is 14.1 Å². The Morgan fingerprint density at radius 2 is 1.08 bits per heavy atom. The maximum absolute atomic E-state index is 9.70. The number of aromatic nitrogens is 4. The van der Waals surface area contributed by atoms with Crippen molar-refractivity contribution in [1.82, 2.24) is 14.1 Å². The van der Waals surface area contributed by atoms with Crippen LogP contribution in [0.2, 0.25) is 0 Å².